The van der Waals surface area contributed by atoms with E-state index in [4.69, 9.17) is 0 Å². The molecule has 1 N–H and O–H groups in total. The van der Waals surface area contributed by atoms with Crippen molar-refractivity contribution in [3.05, 3.63) is 0 Å². The standard InChI is InChI=1S/C18H35NO/c1-6-18(4,5)15-9-8-14(20)12-16(15)19-11-7-10-17(2,3)13-19/h14-16,20H,6-13H2,1-5H3. The van der Waals surface area contributed by atoms with Crippen LogP contribution >= 0.6 is 0 Å². The molecular formula is C18H35NO. The molecule has 2 aliphatic rings. The van der Waals surface area contributed by atoms with E-state index in [0.717, 1.165) is 18.8 Å². The molecule has 0 aromatic carbocycles. The molecule has 118 valence electrons. The lowest BCUT2D eigenvalue weighted by molar-refractivity contribution is -0.0422. The summed E-state index contributed by atoms with van der Waals surface area (Å²) in [4.78, 5) is 2.72. The third kappa shape index (κ3) is 3.57. The fourth-order valence-electron chi connectivity index (χ4n) is 4.45. The van der Waals surface area contributed by atoms with Gasteiger partial charge in [-0.2, -0.15) is 0 Å². The Hall–Kier alpha value is -0.0800. The van der Waals surface area contributed by atoms with Gasteiger partial charge in [0.2, 0.25) is 0 Å². The van der Waals surface area contributed by atoms with Gasteiger partial charge >= 0.3 is 0 Å². The van der Waals surface area contributed by atoms with Crippen molar-refractivity contribution in [2.45, 2.75) is 85.3 Å². The van der Waals surface area contributed by atoms with E-state index in [2.05, 4.69) is 39.5 Å². The maximum atomic E-state index is 10.2. The Balaban J connectivity index is 2.15. The summed E-state index contributed by atoms with van der Waals surface area (Å²) in [6, 6.07) is 0.591. The second-order valence-corrected chi connectivity index (χ2v) is 8.72. The monoisotopic (exact) mass is 281 g/mol. The molecule has 2 fully saturated rings. The Morgan fingerprint density at radius 1 is 1.25 bits per heavy atom. The molecule has 2 heteroatoms. The van der Waals surface area contributed by atoms with Crippen LogP contribution in [0.4, 0.5) is 0 Å². The van der Waals surface area contributed by atoms with Crippen molar-refractivity contribution >= 4 is 0 Å². The minimum Gasteiger partial charge on any atom is -0.393 e. The average Bonchev–Trinajstić information content (AvgIpc) is 2.37. The van der Waals surface area contributed by atoms with Gasteiger partial charge in [0, 0.05) is 12.6 Å². The second kappa shape index (κ2) is 5.96. The Bertz CT molecular complexity index is 323. The summed E-state index contributed by atoms with van der Waals surface area (Å²) in [6.45, 7) is 14.4. The predicted molar refractivity (Wildman–Crippen MR) is 85.8 cm³/mol. The molecule has 0 aromatic heterocycles. The van der Waals surface area contributed by atoms with Gasteiger partial charge in [0.1, 0.15) is 0 Å². The number of hydrogen-bond acceptors (Lipinski definition) is 2. The summed E-state index contributed by atoms with van der Waals surface area (Å²) in [7, 11) is 0. The lowest BCUT2D eigenvalue weighted by Gasteiger charge is -2.51. The van der Waals surface area contributed by atoms with Gasteiger partial charge in [0.15, 0.2) is 0 Å². The van der Waals surface area contributed by atoms with Crippen LogP contribution in [0, 0.1) is 16.7 Å². The van der Waals surface area contributed by atoms with Gasteiger partial charge in [-0.3, -0.25) is 4.90 Å². The van der Waals surface area contributed by atoms with Gasteiger partial charge in [0.05, 0.1) is 6.10 Å². The van der Waals surface area contributed by atoms with Crippen molar-refractivity contribution in [2.75, 3.05) is 13.1 Å². The maximum Gasteiger partial charge on any atom is 0.0555 e. The summed E-state index contributed by atoms with van der Waals surface area (Å²) in [5.41, 5.74) is 0.841. The van der Waals surface area contributed by atoms with Gasteiger partial charge in [-0.05, 0) is 55.4 Å². The number of aliphatic hydroxyl groups is 1. The molecule has 0 radical (unpaired) electrons. The zero-order valence-electron chi connectivity index (χ0n) is 14.3. The first-order valence-corrected chi connectivity index (χ1v) is 8.67. The number of rotatable bonds is 3. The third-order valence-electron chi connectivity index (χ3n) is 6.10. The van der Waals surface area contributed by atoms with E-state index in [-0.39, 0.29) is 6.10 Å². The van der Waals surface area contributed by atoms with Crippen LogP contribution in [0.2, 0.25) is 0 Å². The molecule has 1 aliphatic heterocycles. The Morgan fingerprint density at radius 2 is 1.95 bits per heavy atom. The molecule has 0 aromatic rings. The first-order valence-electron chi connectivity index (χ1n) is 8.67. The molecule has 1 saturated heterocycles. The van der Waals surface area contributed by atoms with E-state index >= 15 is 0 Å². The highest BCUT2D eigenvalue weighted by atomic mass is 16.3. The molecule has 1 heterocycles. The van der Waals surface area contributed by atoms with Crippen LogP contribution < -0.4 is 0 Å². The lowest BCUT2D eigenvalue weighted by Crippen LogP contribution is -2.54. The zero-order valence-corrected chi connectivity index (χ0v) is 14.3. The van der Waals surface area contributed by atoms with Crippen molar-refractivity contribution in [3.8, 4) is 0 Å². The van der Waals surface area contributed by atoms with Crippen LogP contribution in [-0.4, -0.2) is 35.2 Å². The SMILES string of the molecule is CCC(C)(C)C1CCC(O)CC1N1CCCC(C)(C)C1. The number of likely N-dealkylation sites (tertiary alicyclic amines) is 1. The summed E-state index contributed by atoms with van der Waals surface area (Å²) in [6.07, 6.45) is 7.02. The molecule has 1 aliphatic carbocycles. The van der Waals surface area contributed by atoms with Gasteiger partial charge < -0.3 is 5.11 Å². The van der Waals surface area contributed by atoms with Crippen molar-refractivity contribution in [1.82, 2.24) is 4.90 Å². The molecule has 0 bridgehead atoms. The number of aliphatic hydroxyl groups excluding tert-OH is 1. The molecule has 3 atom stereocenters. The van der Waals surface area contributed by atoms with Crippen molar-refractivity contribution in [1.29, 1.82) is 0 Å². The minimum atomic E-state index is -0.0751. The van der Waals surface area contributed by atoms with Crippen LogP contribution in [0.3, 0.4) is 0 Å². The first kappa shape index (κ1) is 16.3. The number of piperidine rings is 1. The topological polar surface area (TPSA) is 23.5 Å². The molecule has 3 unspecified atom stereocenters. The Labute approximate surface area is 125 Å². The van der Waals surface area contributed by atoms with Crippen LogP contribution in [-0.2, 0) is 0 Å². The first-order chi connectivity index (χ1) is 9.25. The van der Waals surface area contributed by atoms with E-state index in [1.165, 1.54) is 38.8 Å². The average molecular weight is 281 g/mol. The lowest BCUT2D eigenvalue weighted by atomic mass is 9.65. The van der Waals surface area contributed by atoms with E-state index in [9.17, 15) is 5.11 Å². The molecule has 0 amide bonds. The van der Waals surface area contributed by atoms with Crippen LogP contribution in [0.5, 0.6) is 0 Å². The number of hydrogen-bond donors (Lipinski definition) is 1. The highest BCUT2D eigenvalue weighted by Gasteiger charge is 2.43. The fourth-order valence-corrected chi connectivity index (χ4v) is 4.45. The molecule has 1 saturated carbocycles. The van der Waals surface area contributed by atoms with Crippen molar-refractivity contribution in [2.24, 2.45) is 16.7 Å². The maximum absolute atomic E-state index is 10.2. The van der Waals surface area contributed by atoms with Crippen molar-refractivity contribution in [3.63, 3.8) is 0 Å². The van der Waals surface area contributed by atoms with Crippen molar-refractivity contribution < 1.29 is 5.11 Å². The Kier molecular flexibility index (Phi) is 4.86. The zero-order chi connectivity index (χ0) is 15.0. The molecule has 2 rings (SSSR count). The van der Waals surface area contributed by atoms with Gasteiger partial charge in [0.25, 0.3) is 0 Å². The van der Waals surface area contributed by atoms with E-state index in [1.807, 2.05) is 0 Å². The van der Waals surface area contributed by atoms with Crippen LogP contribution in [0.1, 0.15) is 73.1 Å². The van der Waals surface area contributed by atoms with Gasteiger partial charge in [-0.1, -0.05) is 41.0 Å². The normalized spacial score (nSPS) is 36.0. The molecule has 20 heavy (non-hydrogen) atoms. The molecule has 2 nitrogen and oxygen atoms in total. The molecule has 0 spiro atoms. The smallest absolute Gasteiger partial charge is 0.0555 e. The largest absolute Gasteiger partial charge is 0.393 e. The van der Waals surface area contributed by atoms with Crippen LogP contribution in [0.25, 0.3) is 0 Å². The highest BCUT2D eigenvalue weighted by Crippen LogP contribution is 2.44. The van der Waals surface area contributed by atoms with Gasteiger partial charge in [-0.25, -0.2) is 0 Å². The fraction of sp³-hybridized carbons (Fsp3) is 1.00. The second-order valence-electron chi connectivity index (χ2n) is 8.72. The highest BCUT2D eigenvalue weighted by molar-refractivity contribution is 4.95. The summed E-state index contributed by atoms with van der Waals surface area (Å²) in [5.74, 6) is 0.741. The third-order valence-corrected chi connectivity index (χ3v) is 6.10. The van der Waals surface area contributed by atoms with E-state index in [1.54, 1.807) is 0 Å². The minimum absolute atomic E-state index is 0.0751. The Morgan fingerprint density at radius 3 is 2.55 bits per heavy atom. The van der Waals surface area contributed by atoms with E-state index < -0.39 is 0 Å². The summed E-state index contributed by atoms with van der Waals surface area (Å²) in [5, 5.41) is 10.2. The van der Waals surface area contributed by atoms with Gasteiger partial charge in [-0.15, -0.1) is 0 Å². The quantitative estimate of drug-likeness (QED) is 0.843. The number of nitrogens with zero attached hydrogens (tertiary/aromatic N) is 1. The predicted octanol–water partition coefficient (Wildman–Crippen LogP) is 4.07. The summed E-state index contributed by atoms with van der Waals surface area (Å²) < 4.78 is 0. The van der Waals surface area contributed by atoms with E-state index in [0.29, 0.717) is 16.9 Å². The summed E-state index contributed by atoms with van der Waals surface area (Å²) >= 11 is 0. The molecular weight excluding hydrogens is 246 g/mol. The van der Waals surface area contributed by atoms with Crippen LogP contribution in [0.15, 0.2) is 0 Å².